The van der Waals surface area contributed by atoms with Gasteiger partial charge in [-0.3, -0.25) is 4.79 Å². The molecule has 0 bridgehead atoms. The zero-order valence-electron chi connectivity index (χ0n) is 12.6. The highest BCUT2D eigenvalue weighted by atomic mass is 16.5. The second-order valence-corrected chi connectivity index (χ2v) is 5.58. The number of carbonyl (C=O) groups excluding carboxylic acids is 1. The number of rotatable bonds is 3. The van der Waals surface area contributed by atoms with Crippen LogP contribution in [0.2, 0.25) is 0 Å². The molecule has 0 radical (unpaired) electrons. The third kappa shape index (κ3) is 2.25. The van der Waals surface area contributed by atoms with Gasteiger partial charge in [-0.05, 0) is 18.7 Å². The lowest BCUT2D eigenvalue weighted by Crippen LogP contribution is -2.28. The molecular weight excluding hydrogens is 284 g/mol. The summed E-state index contributed by atoms with van der Waals surface area (Å²) >= 11 is 0. The summed E-state index contributed by atoms with van der Waals surface area (Å²) < 4.78 is 6.58. The van der Waals surface area contributed by atoms with E-state index in [1.54, 1.807) is 12.1 Å². The molecule has 1 aliphatic heterocycles. The van der Waals surface area contributed by atoms with Crippen LogP contribution in [-0.2, 0) is 29.0 Å². The molecule has 0 amide bonds. The molecular formula is C16H18N2O4. The Morgan fingerprint density at radius 3 is 2.82 bits per heavy atom. The summed E-state index contributed by atoms with van der Waals surface area (Å²) in [6.45, 7) is 1.67. The van der Waals surface area contributed by atoms with Crippen molar-refractivity contribution in [2.45, 2.75) is 19.5 Å². The lowest BCUT2D eigenvalue weighted by atomic mass is 10.0. The summed E-state index contributed by atoms with van der Waals surface area (Å²) in [5.41, 5.74) is 2.97. The van der Waals surface area contributed by atoms with Crippen LogP contribution in [-0.4, -0.2) is 47.2 Å². The van der Waals surface area contributed by atoms with Gasteiger partial charge in [0.2, 0.25) is 0 Å². The standard InChI is InChI=1S/C16H18N2O4/c1-17-7-6-13-12(8-17)10-4-3-5-11(16(20)21)15(10)18(13)9-14(19)22-2/h3-5H,6-9H2,1-2H3,(H,20,21). The number of carboxylic acids is 1. The first-order chi connectivity index (χ1) is 10.5. The van der Waals surface area contributed by atoms with Gasteiger partial charge in [-0.25, -0.2) is 4.79 Å². The Bertz CT molecular complexity index is 763. The molecule has 22 heavy (non-hydrogen) atoms. The van der Waals surface area contributed by atoms with Crippen LogP contribution in [0.15, 0.2) is 18.2 Å². The predicted molar refractivity (Wildman–Crippen MR) is 81.0 cm³/mol. The maximum absolute atomic E-state index is 11.8. The first-order valence-electron chi connectivity index (χ1n) is 7.14. The molecule has 0 saturated heterocycles. The minimum absolute atomic E-state index is 0.0380. The highest BCUT2D eigenvalue weighted by Gasteiger charge is 2.26. The number of carbonyl (C=O) groups is 2. The molecule has 0 saturated carbocycles. The van der Waals surface area contributed by atoms with Crippen molar-refractivity contribution in [3.8, 4) is 0 Å². The van der Waals surface area contributed by atoms with Crippen molar-refractivity contribution in [2.24, 2.45) is 0 Å². The van der Waals surface area contributed by atoms with Crippen molar-refractivity contribution in [2.75, 3.05) is 20.7 Å². The summed E-state index contributed by atoms with van der Waals surface area (Å²) in [5.74, 6) is -1.36. The van der Waals surface area contributed by atoms with Gasteiger partial charge in [-0.1, -0.05) is 12.1 Å². The summed E-state index contributed by atoms with van der Waals surface area (Å²) in [6, 6.07) is 5.25. The zero-order valence-corrected chi connectivity index (χ0v) is 12.6. The number of carboxylic acid groups (broad SMARTS) is 1. The summed E-state index contributed by atoms with van der Waals surface area (Å²) in [4.78, 5) is 25.5. The highest BCUT2D eigenvalue weighted by molar-refractivity contribution is 6.04. The number of nitrogens with zero attached hydrogens (tertiary/aromatic N) is 2. The minimum atomic E-state index is -0.986. The van der Waals surface area contributed by atoms with Gasteiger partial charge in [0, 0.05) is 30.6 Å². The number of benzene rings is 1. The first kappa shape index (κ1) is 14.6. The minimum Gasteiger partial charge on any atom is -0.478 e. The average Bonchev–Trinajstić information content (AvgIpc) is 2.80. The van der Waals surface area contributed by atoms with Crippen LogP contribution in [0.5, 0.6) is 0 Å². The topological polar surface area (TPSA) is 71.8 Å². The van der Waals surface area contributed by atoms with Crippen LogP contribution in [0.25, 0.3) is 10.9 Å². The van der Waals surface area contributed by atoms with Crippen molar-refractivity contribution >= 4 is 22.8 Å². The Balaban J connectivity index is 2.30. The van der Waals surface area contributed by atoms with Crippen LogP contribution in [0, 0.1) is 0 Å². The molecule has 0 atom stereocenters. The second kappa shape index (κ2) is 5.46. The third-order valence-electron chi connectivity index (χ3n) is 4.21. The lowest BCUT2D eigenvalue weighted by molar-refractivity contribution is -0.141. The molecule has 3 rings (SSSR count). The third-order valence-corrected chi connectivity index (χ3v) is 4.21. The van der Waals surface area contributed by atoms with Crippen molar-refractivity contribution < 1.29 is 19.4 Å². The number of aromatic carboxylic acids is 1. The number of aromatic nitrogens is 1. The van der Waals surface area contributed by atoms with Crippen LogP contribution >= 0.6 is 0 Å². The molecule has 2 aromatic rings. The van der Waals surface area contributed by atoms with E-state index in [4.69, 9.17) is 4.74 Å². The molecule has 6 nitrogen and oxygen atoms in total. The number of ether oxygens (including phenoxy) is 1. The maximum atomic E-state index is 11.8. The number of fused-ring (bicyclic) bond motifs is 3. The number of esters is 1. The Labute approximate surface area is 127 Å². The van der Waals surface area contributed by atoms with Crippen molar-refractivity contribution in [1.82, 2.24) is 9.47 Å². The van der Waals surface area contributed by atoms with Crippen LogP contribution in [0.1, 0.15) is 21.6 Å². The Morgan fingerprint density at radius 2 is 2.14 bits per heavy atom. The molecule has 1 aliphatic rings. The maximum Gasteiger partial charge on any atom is 0.337 e. The van der Waals surface area contributed by atoms with Gasteiger partial charge >= 0.3 is 11.9 Å². The fourth-order valence-electron chi connectivity index (χ4n) is 3.18. The van der Waals surface area contributed by atoms with Crippen molar-refractivity contribution in [3.63, 3.8) is 0 Å². The summed E-state index contributed by atoms with van der Waals surface area (Å²) in [5, 5.41) is 10.4. The van der Waals surface area contributed by atoms with Gasteiger partial charge < -0.3 is 19.3 Å². The van der Waals surface area contributed by atoms with E-state index < -0.39 is 5.97 Å². The van der Waals surface area contributed by atoms with E-state index >= 15 is 0 Å². The van der Waals surface area contributed by atoms with Crippen molar-refractivity contribution in [3.05, 3.63) is 35.0 Å². The summed E-state index contributed by atoms with van der Waals surface area (Å²) in [6.07, 6.45) is 0.788. The normalized spacial score (nSPS) is 14.8. The van der Waals surface area contributed by atoms with Crippen LogP contribution in [0.4, 0.5) is 0 Å². The van der Waals surface area contributed by atoms with Gasteiger partial charge in [-0.2, -0.15) is 0 Å². The quantitative estimate of drug-likeness (QED) is 0.870. The molecule has 0 spiro atoms. The largest absolute Gasteiger partial charge is 0.478 e. The average molecular weight is 302 g/mol. The molecule has 0 unspecified atom stereocenters. The van der Waals surface area contributed by atoms with Gasteiger partial charge in [0.1, 0.15) is 6.54 Å². The van der Waals surface area contributed by atoms with E-state index in [1.807, 2.05) is 17.7 Å². The van der Waals surface area contributed by atoms with Gasteiger partial charge in [0.05, 0.1) is 18.2 Å². The van der Waals surface area contributed by atoms with E-state index in [0.29, 0.717) is 5.52 Å². The molecule has 6 heteroatoms. The van der Waals surface area contributed by atoms with Crippen molar-refractivity contribution in [1.29, 1.82) is 0 Å². The van der Waals surface area contributed by atoms with E-state index in [-0.39, 0.29) is 18.1 Å². The van der Waals surface area contributed by atoms with Gasteiger partial charge in [0.15, 0.2) is 0 Å². The molecule has 1 aromatic carbocycles. The molecule has 2 heterocycles. The summed E-state index contributed by atoms with van der Waals surface area (Å²) in [7, 11) is 3.37. The molecule has 116 valence electrons. The number of likely N-dealkylation sites (N-methyl/N-ethyl adjacent to an activating group) is 1. The molecule has 0 fully saturated rings. The molecule has 0 aliphatic carbocycles. The fraction of sp³-hybridized carbons (Fsp3) is 0.375. The van der Waals surface area contributed by atoms with Gasteiger partial charge in [0.25, 0.3) is 0 Å². The van der Waals surface area contributed by atoms with E-state index in [0.717, 1.165) is 36.2 Å². The number of para-hydroxylation sites is 1. The lowest BCUT2D eigenvalue weighted by Gasteiger charge is -2.24. The van der Waals surface area contributed by atoms with Gasteiger partial charge in [-0.15, -0.1) is 0 Å². The number of hydrogen-bond acceptors (Lipinski definition) is 4. The smallest absolute Gasteiger partial charge is 0.337 e. The monoisotopic (exact) mass is 302 g/mol. The Hall–Kier alpha value is -2.34. The SMILES string of the molecule is COC(=O)Cn1c2c(c3cccc(C(=O)O)c31)CN(C)CC2. The Kier molecular flexibility index (Phi) is 3.62. The zero-order chi connectivity index (χ0) is 15.9. The van der Waals surface area contributed by atoms with Crippen LogP contribution in [0.3, 0.4) is 0 Å². The first-order valence-corrected chi connectivity index (χ1v) is 7.14. The number of hydrogen-bond donors (Lipinski definition) is 1. The Morgan fingerprint density at radius 1 is 1.36 bits per heavy atom. The highest BCUT2D eigenvalue weighted by Crippen LogP contribution is 2.32. The van der Waals surface area contributed by atoms with E-state index in [9.17, 15) is 14.7 Å². The molecule has 1 N–H and O–H groups in total. The number of methoxy groups -OCH3 is 1. The van der Waals surface area contributed by atoms with E-state index in [2.05, 4.69) is 4.90 Å². The van der Waals surface area contributed by atoms with E-state index in [1.165, 1.54) is 7.11 Å². The molecule has 1 aromatic heterocycles. The second-order valence-electron chi connectivity index (χ2n) is 5.58. The predicted octanol–water partition coefficient (Wildman–Crippen LogP) is 1.50. The fourth-order valence-corrected chi connectivity index (χ4v) is 3.18. The van der Waals surface area contributed by atoms with Crippen LogP contribution < -0.4 is 0 Å².